The van der Waals surface area contributed by atoms with E-state index in [4.69, 9.17) is 0 Å². The van der Waals surface area contributed by atoms with Crippen LogP contribution in [-0.2, 0) is 0 Å². The minimum absolute atomic E-state index is 0.0573. The molecule has 5 rings (SSSR count). The van der Waals surface area contributed by atoms with Crippen molar-refractivity contribution < 1.29 is 14.5 Å². The van der Waals surface area contributed by atoms with Gasteiger partial charge in [-0.25, -0.2) is 9.98 Å². The van der Waals surface area contributed by atoms with Gasteiger partial charge < -0.3 is 0 Å². The second-order valence-corrected chi connectivity index (χ2v) is 7.47. The summed E-state index contributed by atoms with van der Waals surface area (Å²) >= 11 is 0. The number of rotatable bonds is 5. The molecule has 2 heterocycles. The first-order valence-electron chi connectivity index (χ1n) is 10.3. The number of carbonyl (C=O) groups is 2. The number of hydrogen-bond acceptors (Lipinski definition) is 10. The van der Waals surface area contributed by atoms with Crippen molar-refractivity contribution in [1.82, 2.24) is 10.9 Å². The molecule has 11 heteroatoms. The third-order valence-corrected chi connectivity index (χ3v) is 5.13. The molecule has 0 saturated heterocycles. The Morgan fingerprint density at radius 3 is 1.63 bits per heavy atom. The molecule has 0 bridgehead atoms. The number of nitrogens with one attached hydrogen (secondary N) is 2. The van der Waals surface area contributed by atoms with E-state index in [1.165, 1.54) is 24.6 Å². The minimum Gasteiger partial charge on any atom is -0.285 e. The predicted octanol–water partition coefficient (Wildman–Crippen LogP) is 3.29. The summed E-state index contributed by atoms with van der Waals surface area (Å²) in [4.78, 5) is 43.9. The van der Waals surface area contributed by atoms with Crippen molar-refractivity contribution in [2.24, 2.45) is 20.2 Å². The van der Waals surface area contributed by atoms with Gasteiger partial charge in [-0.3, -0.25) is 30.6 Å². The van der Waals surface area contributed by atoms with Crippen LogP contribution in [0.25, 0.3) is 0 Å². The van der Waals surface area contributed by atoms with Crippen molar-refractivity contribution >= 4 is 52.7 Å². The lowest BCUT2D eigenvalue weighted by atomic mass is 10.1. The second kappa shape index (κ2) is 8.90. The van der Waals surface area contributed by atoms with Gasteiger partial charge in [0.25, 0.3) is 5.69 Å². The number of benzene rings is 3. The Bertz CT molecular complexity index is 1420. The third-order valence-electron chi connectivity index (χ3n) is 5.13. The molecule has 11 nitrogen and oxygen atoms in total. The van der Waals surface area contributed by atoms with Gasteiger partial charge in [0, 0.05) is 23.3 Å². The molecule has 0 saturated carbocycles. The number of Topliss-reactive ketones (excluding diaryl/α,β-unsaturated/α-hetero) is 2. The van der Waals surface area contributed by atoms with Crippen LogP contribution in [0.5, 0.6) is 0 Å². The number of fused-ring (bicyclic) bond motifs is 2. The standard InChI is InChI=1S/C24H15N7O4/c32-21-17-5-1-3-7-19(17)27-23(21)29-25-12-14-9-15(11-16(10-14)31(34)35)13-26-30-24-22(33)18-6-2-4-8-20(18)28-24/h1-13H,(H,27,29,32)(H,28,30,33)/b25-12+,26-13+. The molecule has 0 amide bonds. The summed E-state index contributed by atoms with van der Waals surface area (Å²) in [7, 11) is 0. The highest BCUT2D eigenvalue weighted by molar-refractivity contribution is 6.49. The van der Waals surface area contributed by atoms with Crippen LogP contribution in [0, 0.1) is 10.1 Å². The normalized spacial score (nSPS) is 14.2. The first-order valence-corrected chi connectivity index (χ1v) is 10.3. The van der Waals surface area contributed by atoms with Crippen LogP contribution < -0.4 is 10.9 Å². The maximum absolute atomic E-state index is 12.3. The van der Waals surface area contributed by atoms with E-state index in [-0.39, 0.29) is 28.9 Å². The van der Waals surface area contributed by atoms with E-state index in [2.05, 4.69) is 31.0 Å². The van der Waals surface area contributed by atoms with Crippen molar-refractivity contribution in [3.63, 3.8) is 0 Å². The summed E-state index contributed by atoms with van der Waals surface area (Å²) in [6, 6.07) is 18.1. The number of nitro groups is 1. The molecule has 0 fully saturated rings. The number of para-hydroxylation sites is 2. The Balaban J connectivity index is 1.30. The highest BCUT2D eigenvalue weighted by atomic mass is 16.6. The average molecular weight is 465 g/mol. The highest BCUT2D eigenvalue weighted by Gasteiger charge is 2.24. The summed E-state index contributed by atoms with van der Waals surface area (Å²) in [6.45, 7) is 0. The first kappa shape index (κ1) is 21.5. The van der Waals surface area contributed by atoms with Gasteiger partial charge in [0.1, 0.15) is 0 Å². The molecule has 2 aliphatic heterocycles. The van der Waals surface area contributed by atoms with Crippen LogP contribution in [0.4, 0.5) is 17.1 Å². The van der Waals surface area contributed by atoms with Crippen molar-refractivity contribution in [3.05, 3.63) is 99.1 Å². The fourth-order valence-electron chi connectivity index (χ4n) is 3.52. The van der Waals surface area contributed by atoms with Gasteiger partial charge in [0.15, 0.2) is 11.7 Å². The smallest absolute Gasteiger partial charge is 0.270 e. The van der Waals surface area contributed by atoms with Crippen molar-refractivity contribution in [2.75, 3.05) is 0 Å². The number of non-ortho nitro benzene ring substituents is 1. The van der Waals surface area contributed by atoms with E-state index in [9.17, 15) is 19.7 Å². The largest absolute Gasteiger partial charge is 0.285 e. The fourth-order valence-corrected chi connectivity index (χ4v) is 3.52. The van der Waals surface area contributed by atoms with E-state index in [0.717, 1.165) is 0 Å². The van der Waals surface area contributed by atoms with Crippen molar-refractivity contribution in [3.8, 4) is 0 Å². The first-order chi connectivity index (χ1) is 17.0. The molecule has 3 aromatic carbocycles. The summed E-state index contributed by atoms with van der Waals surface area (Å²) in [5.41, 5.74) is 7.81. The molecule has 0 aromatic heterocycles. The number of amidine groups is 2. The molecule has 2 N–H and O–H groups in total. The maximum Gasteiger partial charge on any atom is 0.270 e. The van der Waals surface area contributed by atoms with E-state index in [0.29, 0.717) is 33.6 Å². The number of nitro benzene ring substituents is 1. The summed E-state index contributed by atoms with van der Waals surface area (Å²) in [5, 5.41) is 19.4. The third kappa shape index (κ3) is 4.33. The Morgan fingerprint density at radius 2 is 1.20 bits per heavy atom. The van der Waals surface area contributed by atoms with Gasteiger partial charge in [-0.05, 0) is 30.3 Å². The fraction of sp³-hybridized carbons (Fsp3) is 0. The molecule has 3 aromatic rings. The maximum atomic E-state index is 12.3. The lowest BCUT2D eigenvalue weighted by Crippen LogP contribution is -2.24. The van der Waals surface area contributed by atoms with Gasteiger partial charge in [0.05, 0.1) is 39.9 Å². The van der Waals surface area contributed by atoms with Crippen LogP contribution in [0.1, 0.15) is 31.8 Å². The van der Waals surface area contributed by atoms with Gasteiger partial charge in [-0.2, -0.15) is 10.2 Å². The summed E-state index contributed by atoms with van der Waals surface area (Å²) in [5.74, 6) is -0.465. The molecule has 0 aliphatic carbocycles. The van der Waals surface area contributed by atoms with Gasteiger partial charge in [-0.1, -0.05) is 24.3 Å². The quantitative estimate of drug-likeness (QED) is 0.335. The van der Waals surface area contributed by atoms with Gasteiger partial charge >= 0.3 is 0 Å². The Morgan fingerprint density at radius 1 is 0.743 bits per heavy atom. The Labute approximate surface area is 197 Å². The Hall–Kier alpha value is -5.32. The molecule has 0 spiro atoms. The number of carbonyl (C=O) groups excluding carboxylic acids is 2. The molecule has 0 atom stereocenters. The number of hydrazone groups is 2. The lowest BCUT2D eigenvalue weighted by molar-refractivity contribution is -0.384. The van der Waals surface area contributed by atoms with Crippen LogP contribution in [0.15, 0.2) is 86.9 Å². The summed E-state index contributed by atoms with van der Waals surface area (Å²) < 4.78 is 0. The molecule has 170 valence electrons. The van der Waals surface area contributed by atoms with E-state index in [1.807, 2.05) is 0 Å². The zero-order valence-electron chi connectivity index (χ0n) is 17.9. The van der Waals surface area contributed by atoms with Crippen LogP contribution in [-0.4, -0.2) is 40.6 Å². The van der Waals surface area contributed by atoms with E-state index >= 15 is 0 Å². The highest BCUT2D eigenvalue weighted by Crippen LogP contribution is 2.26. The molecule has 0 unspecified atom stereocenters. The van der Waals surface area contributed by atoms with E-state index in [1.54, 1.807) is 54.6 Å². The van der Waals surface area contributed by atoms with Crippen LogP contribution >= 0.6 is 0 Å². The minimum atomic E-state index is -0.544. The number of aliphatic imine (C=N–C) groups is 2. The Kier molecular flexibility index (Phi) is 5.47. The predicted molar refractivity (Wildman–Crippen MR) is 130 cm³/mol. The molecule has 2 aliphatic rings. The topological polar surface area (TPSA) is 151 Å². The monoisotopic (exact) mass is 465 g/mol. The van der Waals surface area contributed by atoms with Crippen LogP contribution in [0.2, 0.25) is 0 Å². The second-order valence-electron chi connectivity index (χ2n) is 7.47. The zero-order chi connectivity index (χ0) is 24.4. The number of ketones is 2. The molecular formula is C24H15N7O4. The van der Waals surface area contributed by atoms with Gasteiger partial charge in [0.2, 0.25) is 11.6 Å². The molecular weight excluding hydrogens is 450 g/mol. The number of nitrogens with zero attached hydrogens (tertiary/aromatic N) is 5. The molecule has 35 heavy (non-hydrogen) atoms. The molecule has 0 radical (unpaired) electrons. The van der Waals surface area contributed by atoms with E-state index < -0.39 is 4.92 Å². The number of hydrogen-bond donors (Lipinski definition) is 2. The van der Waals surface area contributed by atoms with Crippen molar-refractivity contribution in [2.45, 2.75) is 0 Å². The average Bonchev–Trinajstić information content (AvgIpc) is 3.35. The SMILES string of the molecule is O=C1C(N/N=C/c2cc(/C=N/NC3=Nc4ccccc4C3=O)cc([N+](=O)[O-])c2)=Nc2ccccc21. The van der Waals surface area contributed by atoms with Crippen LogP contribution in [0.3, 0.4) is 0 Å². The van der Waals surface area contributed by atoms with Gasteiger partial charge in [-0.15, -0.1) is 0 Å². The zero-order valence-corrected chi connectivity index (χ0v) is 17.9. The lowest BCUT2D eigenvalue weighted by Gasteiger charge is -2.01. The summed E-state index contributed by atoms with van der Waals surface area (Å²) in [6.07, 6.45) is 2.66. The van der Waals surface area contributed by atoms with Crippen molar-refractivity contribution in [1.29, 1.82) is 0 Å².